The lowest BCUT2D eigenvalue weighted by Gasteiger charge is -2.22. The van der Waals surface area contributed by atoms with E-state index < -0.39 is 66.7 Å². The predicted molar refractivity (Wildman–Crippen MR) is 153 cm³/mol. The molecule has 2 aromatic rings. The molecule has 1 aliphatic rings. The smallest absolute Gasteiger partial charge is 0.343 e. The number of hydrogen-bond donors (Lipinski definition) is 7. The van der Waals surface area contributed by atoms with Crippen LogP contribution < -0.4 is 21.5 Å². The number of guanidine groups is 1. The lowest BCUT2D eigenvalue weighted by atomic mass is 9.86. The van der Waals surface area contributed by atoms with E-state index in [9.17, 15) is 44.1 Å². The van der Waals surface area contributed by atoms with Gasteiger partial charge in [0.2, 0.25) is 5.91 Å². The molecule has 0 saturated heterocycles. The number of ether oxygens (including phenoxy) is 1. The fourth-order valence-electron chi connectivity index (χ4n) is 4.45. The average Bonchev–Trinajstić information content (AvgIpc) is 3.33. The van der Waals surface area contributed by atoms with Gasteiger partial charge in [0.1, 0.15) is 11.8 Å². The molecule has 0 bridgehead atoms. The minimum Gasteiger partial charge on any atom is -0.481 e. The van der Waals surface area contributed by atoms with Crippen LogP contribution in [0.25, 0.3) is 0 Å². The third kappa shape index (κ3) is 9.77. The van der Waals surface area contributed by atoms with E-state index >= 15 is 0 Å². The number of carbonyl (C=O) groups excluding carboxylic acids is 2. The van der Waals surface area contributed by atoms with Crippen molar-refractivity contribution in [3.63, 3.8) is 0 Å². The first kappa shape index (κ1) is 33.5. The molecule has 1 aliphatic heterocycles. The molecular formula is C28H29N5O12. The number of carboxylic acid groups (broad SMARTS) is 4. The molecule has 45 heavy (non-hydrogen) atoms. The van der Waals surface area contributed by atoms with Gasteiger partial charge in [-0.1, -0.05) is 11.2 Å². The molecule has 0 saturated carbocycles. The maximum Gasteiger partial charge on any atom is 0.343 e. The number of carbonyl (C=O) groups is 6. The van der Waals surface area contributed by atoms with Gasteiger partial charge in [0.05, 0.1) is 36.2 Å². The number of nitrogens with zero attached hydrogens (tertiary/aromatic N) is 2. The highest BCUT2D eigenvalue weighted by Crippen LogP contribution is 2.35. The fraction of sp³-hybridized carbons (Fsp3) is 0.286. The Morgan fingerprint density at radius 1 is 0.956 bits per heavy atom. The van der Waals surface area contributed by atoms with Gasteiger partial charge in [0, 0.05) is 18.4 Å². The van der Waals surface area contributed by atoms with Crippen LogP contribution in [0.15, 0.2) is 52.6 Å². The summed E-state index contributed by atoms with van der Waals surface area (Å²) in [5, 5.41) is 42.9. The Kier molecular flexibility index (Phi) is 10.8. The van der Waals surface area contributed by atoms with E-state index in [-0.39, 0.29) is 47.8 Å². The normalized spacial score (nSPS) is 13.8. The Labute approximate surface area is 254 Å². The fourth-order valence-corrected chi connectivity index (χ4v) is 4.45. The van der Waals surface area contributed by atoms with E-state index in [1.807, 2.05) is 0 Å². The van der Waals surface area contributed by atoms with Crippen LogP contribution in [-0.2, 0) is 35.2 Å². The average molecular weight is 628 g/mol. The van der Waals surface area contributed by atoms with Gasteiger partial charge in [0.15, 0.2) is 11.6 Å². The first-order valence-electron chi connectivity index (χ1n) is 13.1. The second kappa shape index (κ2) is 14.5. The lowest BCUT2D eigenvalue weighted by Crippen LogP contribution is -2.42. The molecular weight excluding hydrogens is 598 g/mol. The molecule has 0 aromatic heterocycles. The number of hydrogen-bond acceptors (Lipinski definition) is 10. The van der Waals surface area contributed by atoms with Gasteiger partial charge in [-0.3, -0.25) is 19.2 Å². The van der Waals surface area contributed by atoms with Gasteiger partial charge in [-0.05, 0) is 48.4 Å². The molecule has 0 aliphatic carbocycles. The Morgan fingerprint density at radius 2 is 1.60 bits per heavy atom. The number of benzene rings is 2. The summed E-state index contributed by atoms with van der Waals surface area (Å²) in [5.74, 6) is -7.31. The monoisotopic (exact) mass is 627 g/mol. The van der Waals surface area contributed by atoms with Crippen LogP contribution in [0.4, 0.5) is 5.69 Å². The van der Waals surface area contributed by atoms with Crippen LogP contribution in [0.3, 0.4) is 0 Å². The van der Waals surface area contributed by atoms with Crippen LogP contribution in [-0.4, -0.2) is 79.5 Å². The van der Waals surface area contributed by atoms with Crippen molar-refractivity contribution in [3.8, 4) is 5.75 Å². The molecule has 2 aromatic carbocycles. The first-order chi connectivity index (χ1) is 21.2. The molecule has 0 spiro atoms. The third-order valence-corrected chi connectivity index (χ3v) is 6.38. The molecule has 1 amide bonds. The minimum absolute atomic E-state index is 0.0144. The van der Waals surface area contributed by atoms with Crippen LogP contribution in [0.2, 0.25) is 0 Å². The van der Waals surface area contributed by atoms with Gasteiger partial charge in [0.25, 0.3) is 0 Å². The van der Waals surface area contributed by atoms with Gasteiger partial charge >= 0.3 is 29.8 Å². The molecule has 17 heteroatoms. The topological polar surface area (TPSA) is 291 Å². The predicted octanol–water partition coefficient (Wildman–Crippen LogP) is 0.600. The van der Waals surface area contributed by atoms with Crippen molar-refractivity contribution in [1.82, 2.24) is 5.32 Å². The Morgan fingerprint density at radius 3 is 2.16 bits per heavy atom. The number of aliphatic imine (C=N–C) groups is 1. The van der Waals surface area contributed by atoms with Gasteiger partial charge in [-0.15, -0.1) is 0 Å². The number of aryl methyl sites for hydroxylation is 1. The lowest BCUT2D eigenvalue weighted by molar-refractivity contribution is -0.151. The van der Waals surface area contributed by atoms with E-state index in [4.69, 9.17) is 26.1 Å². The quantitative estimate of drug-likeness (QED) is 0.0616. The molecule has 0 radical (unpaired) electrons. The second-order valence-electron chi connectivity index (χ2n) is 9.98. The number of aliphatic carboxylic acids is 4. The van der Waals surface area contributed by atoms with E-state index in [0.29, 0.717) is 11.3 Å². The van der Waals surface area contributed by atoms with Crippen LogP contribution in [0.1, 0.15) is 53.6 Å². The minimum atomic E-state index is -1.71. The summed E-state index contributed by atoms with van der Waals surface area (Å²) in [7, 11) is 0. The molecule has 1 atom stereocenters. The van der Waals surface area contributed by atoms with Gasteiger partial charge in [-0.2, -0.15) is 0 Å². The van der Waals surface area contributed by atoms with Crippen molar-refractivity contribution < 1.29 is 58.8 Å². The number of nitrogens with one attached hydrogen (secondary N) is 1. The molecule has 9 N–H and O–H groups in total. The van der Waals surface area contributed by atoms with Crippen molar-refractivity contribution in [2.24, 2.45) is 21.6 Å². The standard InChI is InChI=1S/C28H29N5O12/c29-27(30)31-16-5-1-15(2-6-16)26(43)44-17-7-3-14(4-8-21(34)32-19(25(41)42)10-22(35)36)18(9-17)20-11-28(45-33-20,12-23(37)38)13-24(39)40/h1-3,5-7,9,19H,4,8,10-13H2,(H,32,34)(H,35,36)(H,37,38)(H,39,40)(H,41,42)(H4,29,30,31). The zero-order valence-electron chi connectivity index (χ0n) is 23.5. The van der Waals surface area contributed by atoms with Crippen LogP contribution in [0.5, 0.6) is 5.75 Å². The molecule has 1 heterocycles. The maximum absolute atomic E-state index is 12.8. The van der Waals surface area contributed by atoms with Crippen molar-refractivity contribution in [3.05, 3.63) is 59.2 Å². The number of amides is 1. The van der Waals surface area contributed by atoms with E-state index in [1.165, 1.54) is 42.5 Å². The number of esters is 1. The summed E-state index contributed by atoms with van der Waals surface area (Å²) >= 11 is 0. The molecule has 0 fully saturated rings. The van der Waals surface area contributed by atoms with Gasteiger partial charge < -0.3 is 46.8 Å². The third-order valence-electron chi connectivity index (χ3n) is 6.38. The van der Waals surface area contributed by atoms with Crippen molar-refractivity contribution in [2.45, 2.75) is 50.2 Å². The Bertz CT molecular complexity index is 1550. The Balaban J connectivity index is 1.88. The SMILES string of the molecule is NC(N)=Nc1ccc(C(=O)Oc2ccc(CCC(=O)NC(CC(=O)O)C(=O)O)c(C3=NOC(CC(=O)O)(CC(=O)O)C3)c2)cc1. The molecule has 17 nitrogen and oxygen atoms in total. The molecule has 238 valence electrons. The summed E-state index contributed by atoms with van der Waals surface area (Å²) in [4.78, 5) is 79.8. The first-order valence-corrected chi connectivity index (χ1v) is 13.1. The summed E-state index contributed by atoms with van der Waals surface area (Å²) in [6, 6.07) is 8.42. The summed E-state index contributed by atoms with van der Waals surface area (Å²) in [6.45, 7) is 0. The number of oxime groups is 1. The van der Waals surface area contributed by atoms with Crippen molar-refractivity contribution >= 4 is 53.1 Å². The summed E-state index contributed by atoms with van der Waals surface area (Å²) in [6.07, 6.45) is -2.82. The van der Waals surface area contributed by atoms with Crippen LogP contribution >= 0.6 is 0 Å². The highest BCUT2D eigenvalue weighted by atomic mass is 16.7. The zero-order valence-corrected chi connectivity index (χ0v) is 23.5. The number of carboxylic acids is 4. The van der Waals surface area contributed by atoms with E-state index in [0.717, 1.165) is 0 Å². The second-order valence-corrected chi connectivity index (χ2v) is 9.98. The van der Waals surface area contributed by atoms with Gasteiger partial charge in [-0.25, -0.2) is 14.6 Å². The van der Waals surface area contributed by atoms with Crippen molar-refractivity contribution in [1.29, 1.82) is 0 Å². The highest BCUT2D eigenvalue weighted by molar-refractivity contribution is 6.04. The van der Waals surface area contributed by atoms with Crippen LogP contribution in [0, 0.1) is 0 Å². The largest absolute Gasteiger partial charge is 0.481 e. The Hall–Kier alpha value is -6.00. The summed E-state index contributed by atoms with van der Waals surface area (Å²) in [5.41, 5.74) is 10.3. The van der Waals surface area contributed by atoms with Crippen molar-refractivity contribution in [2.75, 3.05) is 0 Å². The molecule has 1 unspecified atom stereocenters. The highest BCUT2D eigenvalue weighted by Gasteiger charge is 2.44. The maximum atomic E-state index is 12.8. The number of nitrogens with two attached hydrogens (primary N) is 2. The zero-order chi connectivity index (χ0) is 33.3. The molecule has 3 rings (SSSR count). The number of rotatable bonds is 15. The summed E-state index contributed by atoms with van der Waals surface area (Å²) < 4.78 is 5.49. The van der Waals surface area contributed by atoms with E-state index in [2.05, 4.69) is 15.5 Å². The van der Waals surface area contributed by atoms with E-state index in [1.54, 1.807) is 0 Å².